The Balaban J connectivity index is 1.60. The number of carbonyl (C=O) groups is 1. The molecule has 0 radical (unpaired) electrons. The lowest BCUT2D eigenvalue weighted by molar-refractivity contribution is 0.140. The Morgan fingerprint density at radius 2 is 1.81 bits per heavy atom. The maximum absolute atomic E-state index is 11.5. The summed E-state index contributed by atoms with van der Waals surface area (Å²) in [6.07, 6.45) is -0.393. The highest BCUT2D eigenvalue weighted by atomic mass is 35.5. The van der Waals surface area contributed by atoms with Crippen LogP contribution in [0.2, 0.25) is 5.02 Å². The average Bonchev–Trinajstić information content (AvgIpc) is 2.52. The van der Waals surface area contributed by atoms with Crippen LogP contribution in [0.25, 0.3) is 0 Å². The molecule has 0 aromatic heterocycles. The average molecular weight is 322 g/mol. The summed E-state index contributed by atoms with van der Waals surface area (Å²) in [5, 5.41) is 3.45. The third-order valence-electron chi connectivity index (χ3n) is 2.67. The Kier molecular flexibility index (Phi) is 6.44. The lowest BCUT2D eigenvalue weighted by atomic mass is 10.2. The zero-order chi connectivity index (χ0) is 14.9. The highest BCUT2D eigenvalue weighted by Crippen LogP contribution is 2.19. The molecule has 21 heavy (non-hydrogen) atoms. The predicted octanol–water partition coefficient (Wildman–Crippen LogP) is 4.36. The van der Waals surface area contributed by atoms with E-state index in [1.54, 1.807) is 11.8 Å². The highest BCUT2D eigenvalue weighted by Gasteiger charge is 2.02. The van der Waals surface area contributed by atoms with Crippen molar-refractivity contribution in [3.63, 3.8) is 0 Å². The van der Waals surface area contributed by atoms with E-state index in [-0.39, 0.29) is 6.61 Å². The fourth-order valence-electron chi connectivity index (χ4n) is 1.63. The molecule has 3 nitrogen and oxygen atoms in total. The van der Waals surface area contributed by atoms with Crippen LogP contribution in [0.3, 0.4) is 0 Å². The molecule has 2 aromatic rings. The number of amides is 1. The van der Waals surface area contributed by atoms with E-state index in [4.69, 9.17) is 16.3 Å². The van der Waals surface area contributed by atoms with Gasteiger partial charge in [-0.3, -0.25) is 0 Å². The molecule has 1 amide bonds. The van der Waals surface area contributed by atoms with Gasteiger partial charge in [-0.25, -0.2) is 4.79 Å². The van der Waals surface area contributed by atoms with Crippen molar-refractivity contribution in [2.75, 3.05) is 12.3 Å². The minimum atomic E-state index is -0.393. The first kappa shape index (κ1) is 15.7. The van der Waals surface area contributed by atoms with Gasteiger partial charge in [0.2, 0.25) is 0 Å². The van der Waals surface area contributed by atoms with E-state index in [0.29, 0.717) is 6.54 Å². The SMILES string of the molecule is O=C(NCCSc1ccc(Cl)cc1)OCc1ccccc1. The van der Waals surface area contributed by atoms with E-state index in [1.165, 1.54) is 0 Å². The number of halogens is 1. The normalized spacial score (nSPS) is 10.1. The summed E-state index contributed by atoms with van der Waals surface area (Å²) in [6.45, 7) is 0.845. The summed E-state index contributed by atoms with van der Waals surface area (Å²) in [6, 6.07) is 17.2. The number of alkyl carbamates (subject to hydrolysis) is 1. The predicted molar refractivity (Wildman–Crippen MR) is 86.8 cm³/mol. The topological polar surface area (TPSA) is 38.3 Å². The number of hydrogen-bond acceptors (Lipinski definition) is 3. The van der Waals surface area contributed by atoms with Gasteiger partial charge in [-0.2, -0.15) is 0 Å². The minimum Gasteiger partial charge on any atom is -0.445 e. The molecule has 0 spiro atoms. The molecule has 2 rings (SSSR count). The monoisotopic (exact) mass is 321 g/mol. The van der Waals surface area contributed by atoms with Crippen LogP contribution in [0.4, 0.5) is 4.79 Å². The molecule has 0 aliphatic carbocycles. The van der Waals surface area contributed by atoms with Crippen molar-refractivity contribution in [1.82, 2.24) is 5.32 Å². The number of carbonyl (C=O) groups excluding carboxylic acids is 1. The standard InChI is InChI=1S/C16H16ClNO2S/c17-14-6-8-15(9-7-14)21-11-10-18-16(19)20-12-13-4-2-1-3-5-13/h1-9H,10-12H2,(H,18,19). The molecule has 110 valence electrons. The van der Waals surface area contributed by atoms with E-state index in [9.17, 15) is 4.79 Å². The van der Waals surface area contributed by atoms with Gasteiger partial charge in [-0.05, 0) is 29.8 Å². The Bertz CT molecular complexity index is 560. The second-order valence-electron chi connectivity index (χ2n) is 4.29. The van der Waals surface area contributed by atoms with Crippen LogP contribution >= 0.6 is 23.4 Å². The molecule has 0 bridgehead atoms. The van der Waals surface area contributed by atoms with Gasteiger partial charge in [0.05, 0.1) is 0 Å². The fourth-order valence-corrected chi connectivity index (χ4v) is 2.52. The van der Waals surface area contributed by atoms with Gasteiger partial charge in [0.25, 0.3) is 0 Å². The van der Waals surface area contributed by atoms with Gasteiger partial charge in [-0.15, -0.1) is 11.8 Å². The number of thioether (sulfide) groups is 1. The van der Waals surface area contributed by atoms with E-state index >= 15 is 0 Å². The first-order chi connectivity index (χ1) is 10.2. The first-order valence-corrected chi connectivity index (χ1v) is 7.93. The Morgan fingerprint density at radius 1 is 1.10 bits per heavy atom. The summed E-state index contributed by atoms with van der Waals surface area (Å²) in [4.78, 5) is 12.6. The lowest BCUT2D eigenvalue weighted by Gasteiger charge is -2.07. The van der Waals surface area contributed by atoms with E-state index < -0.39 is 6.09 Å². The number of rotatable bonds is 6. The van der Waals surface area contributed by atoms with Crippen LogP contribution in [-0.2, 0) is 11.3 Å². The molecule has 0 unspecified atom stereocenters. The maximum Gasteiger partial charge on any atom is 0.407 e. The summed E-state index contributed by atoms with van der Waals surface area (Å²) in [7, 11) is 0. The molecule has 0 fully saturated rings. The molecule has 1 N–H and O–H groups in total. The summed E-state index contributed by atoms with van der Waals surface area (Å²) in [5.74, 6) is 0.780. The molecule has 2 aromatic carbocycles. The third-order valence-corrected chi connectivity index (χ3v) is 3.93. The lowest BCUT2D eigenvalue weighted by Crippen LogP contribution is -2.26. The highest BCUT2D eigenvalue weighted by molar-refractivity contribution is 7.99. The van der Waals surface area contributed by atoms with Crippen molar-refractivity contribution >= 4 is 29.5 Å². The molecular weight excluding hydrogens is 306 g/mol. The second-order valence-corrected chi connectivity index (χ2v) is 5.90. The molecule has 5 heteroatoms. The molecule has 0 heterocycles. The van der Waals surface area contributed by atoms with Gasteiger partial charge in [0, 0.05) is 22.2 Å². The van der Waals surface area contributed by atoms with Crippen LogP contribution < -0.4 is 5.32 Å². The van der Waals surface area contributed by atoms with E-state index in [2.05, 4.69) is 5.32 Å². The quantitative estimate of drug-likeness (QED) is 0.634. The number of hydrogen-bond donors (Lipinski definition) is 1. The maximum atomic E-state index is 11.5. The van der Waals surface area contributed by atoms with Gasteiger partial charge in [-0.1, -0.05) is 41.9 Å². The van der Waals surface area contributed by atoms with Gasteiger partial charge < -0.3 is 10.1 Å². The first-order valence-electron chi connectivity index (χ1n) is 6.57. The van der Waals surface area contributed by atoms with E-state index in [0.717, 1.165) is 21.2 Å². The van der Waals surface area contributed by atoms with Crippen LogP contribution in [0.5, 0.6) is 0 Å². The van der Waals surface area contributed by atoms with Crippen LogP contribution in [0.15, 0.2) is 59.5 Å². The smallest absolute Gasteiger partial charge is 0.407 e. The van der Waals surface area contributed by atoms with Crippen LogP contribution in [0.1, 0.15) is 5.56 Å². The van der Waals surface area contributed by atoms with Crippen LogP contribution in [0, 0.1) is 0 Å². The zero-order valence-electron chi connectivity index (χ0n) is 11.4. The van der Waals surface area contributed by atoms with Gasteiger partial charge >= 0.3 is 6.09 Å². The Morgan fingerprint density at radius 3 is 2.52 bits per heavy atom. The fraction of sp³-hybridized carbons (Fsp3) is 0.188. The van der Waals surface area contributed by atoms with Crippen molar-refractivity contribution in [3.05, 3.63) is 65.2 Å². The summed E-state index contributed by atoms with van der Waals surface area (Å²) in [5.41, 5.74) is 0.975. The zero-order valence-corrected chi connectivity index (χ0v) is 13.0. The van der Waals surface area contributed by atoms with Crippen molar-refractivity contribution < 1.29 is 9.53 Å². The van der Waals surface area contributed by atoms with Crippen molar-refractivity contribution in [2.24, 2.45) is 0 Å². The molecule has 0 aliphatic rings. The van der Waals surface area contributed by atoms with Crippen molar-refractivity contribution in [2.45, 2.75) is 11.5 Å². The minimum absolute atomic E-state index is 0.289. The molecule has 0 saturated heterocycles. The molecule has 0 atom stereocenters. The summed E-state index contributed by atoms with van der Waals surface area (Å²) < 4.78 is 5.12. The largest absolute Gasteiger partial charge is 0.445 e. The number of benzene rings is 2. The van der Waals surface area contributed by atoms with Gasteiger partial charge in [0.15, 0.2) is 0 Å². The Labute approximate surface area is 133 Å². The number of ether oxygens (including phenoxy) is 1. The second kappa shape index (κ2) is 8.60. The van der Waals surface area contributed by atoms with Crippen LogP contribution in [-0.4, -0.2) is 18.4 Å². The molecular formula is C16H16ClNO2S. The molecule has 0 aliphatic heterocycles. The van der Waals surface area contributed by atoms with Crippen molar-refractivity contribution in [3.8, 4) is 0 Å². The Hall–Kier alpha value is -1.65. The summed E-state index contributed by atoms with van der Waals surface area (Å²) >= 11 is 7.47. The number of nitrogens with one attached hydrogen (secondary N) is 1. The molecule has 0 saturated carbocycles. The van der Waals surface area contributed by atoms with E-state index in [1.807, 2.05) is 54.6 Å². The third kappa shape index (κ3) is 6.10. The van der Waals surface area contributed by atoms with Crippen molar-refractivity contribution in [1.29, 1.82) is 0 Å². The van der Waals surface area contributed by atoms with Gasteiger partial charge in [0.1, 0.15) is 6.61 Å².